The Morgan fingerprint density at radius 3 is 2.53 bits per heavy atom. The molecule has 1 saturated heterocycles. The van der Waals surface area contributed by atoms with Crippen molar-refractivity contribution in [2.24, 2.45) is 0 Å². The average molecular weight is 271 g/mol. The first-order chi connectivity index (χ1) is 9.09. The topological polar surface area (TPSA) is 81.7 Å². The lowest BCUT2D eigenvalue weighted by atomic mass is 10.2. The van der Waals surface area contributed by atoms with Crippen LogP contribution in [-0.4, -0.2) is 54.2 Å². The van der Waals surface area contributed by atoms with Crippen LogP contribution in [0.15, 0.2) is 0 Å². The number of rotatable bonds is 8. The van der Waals surface area contributed by atoms with Crippen molar-refractivity contribution >= 4 is 12.0 Å². The van der Waals surface area contributed by atoms with Gasteiger partial charge in [-0.2, -0.15) is 0 Å². The van der Waals surface area contributed by atoms with Crippen LogP contribution in [0, 0.1) is 0 Å². The van der Waals surface area contributed by atoms with Gasteiger partial charge in [0.25, 0.3) is 0 Å². The van der Waals surface area contributed by atoms with Crippen LogP contribution >= 0.6 is 0 Å². The van der Waals surface area contributed by atoms with E-state index >= 15 is 0 Å². The van der Waals surface area contributed by atoms with Gasteiger partial charge < -0.3 is 15.7 Å². The number of carboxylic acid groups (broad SMARTS) is 1. The summed E-state index contributed by atoms with van der Waals surface area (Å²) in [6, 6.07) is 0.210. The Kier molecular flexibility index (Phi) is 7.25. The SMILES string of the molecule is CC(CNC(=O)NCCCCC(=O)O)N1CCCC1. The lowest BCUT2D eigenvalue weighted by Gasteiger charge is -2.23. The quantitative estimate of drug-likeness (QED) is 0.576. The van der Waals surface area contributed by atoms with Crippen LogP contribution in [0.25, 0.3) is 0 Å². The van der Waals surface area contributed by atoms with Gasteiger partial charge in [-0.3, -0.25) is 9.69 Å². The fourth-order valence-corrected chi connectivity index (χ4v) is 2.22. The van der Waals surface area contributed by atoms with Crippen LogP contribution in [0.1, 0.15) is 39.0 Å². The molecule has 0 aromatic carbocycles. The molecule has 1 heterocycles. The molecule has 3 N–H and O–H groups in total. The fraction of sp³-hybridized carbons (Fsp3) is 0.846. The van der Waals surface area contributed by atoms with Crippen LogP contribution in [0.3, 0.4) is 0 Å². The fourth-order valence-electron chi connectivity index (χ4n) is 2.22. The van der Waals surface area contributed by atoms with Crippen molar-refractivity contribution in [3.63, 3.8) is 0 Å². The molecule has 0 saturated carbocycles. The summed E-state index contributed by atoms with van der Waals surface area (Å²) < 4.78 is 0. The summed E-state index contributed by atoms with van der Waals surface area (Å²) in [4.78, 5) is 24.2. The molecule has 1 unspecified atom stereocenters. The number of carbonyl (C=O) groups excluding carboxylic acids is 1. The predicted octanol–water partition coefficient (Wildman–Crippen LogP) is 1.02. The third-order valence-electron chi connectivity index (χ3n) is 3.43. The lowest BCUT2D eigenvalue weighted by Crippen LogP contribution is -2.44. The Morgan fingerprint density at radius 1 is 1.21 bits per heavy atom. The van der Waals surface area contributed by atoms with Crippen molar-refractivity contribution < 1.29 is 14.7 Å². The van der Waals surface area contributed by atoms with Crippen molar-refractivity contribution in [2.45, 2.75) is 45.1 Å². The van der Waals surface area contributed by atoms with E-state index in [4.69, 9.17) is 5.11 Å². The molecule has 1 rings (SSSR count). The second-order valence-corrected chi connectivity index (χ2v) is 5.08. The maximum Gasteiger partial charge on any atom is 0.314 e. The van der Waals surface area contributed by atoms with E-state index in [9.17, 15) is 9.59 Å². The van der Waals surface area contributed by atoms with E-state index in [0.717, 1.165) is 13.1 Å². The molecular formula is C13H25N3O3. The second-order valence-electron chi connectivity index (χ2n) is 5.08. The Hall–Kier alpha value is -1.30. The molecule has 0 spiro atoms. The molecule has 0 aliphatic carbocycles. The number of aliphatic carboxylic acids is 1. The zero-order valence-corrected chi connectivity index (χ0v) is 11.7. The molecule has 19 heavy (non-hydrogen) atoms. The molecule has 0 aromatic rings. The molecule has 110 valence electrons. The van der Waals surface area contributed by atoms with Crippen molar-refractivity contribution in [2.75, 3.05) is 26.2 Å². The van der Waals surface area contributed by atoms with Gasteiger partial charge in [0.1, 0.15) is 0 Å². The van der Waals surface area contributed by atoms with E-state index in [0.29, 0.717) is 32.0 Å². The zero-order valence-electron chi connectivity index (χ0n) is 11.7. The van der Waals surface area contributed by atoms with Gasteiger partial charge in [-0.25, -0.2) is 4.79 Å². The highest BCUT2D eigenvalue weighted by atomic mass is 16.4. The summed E-state index contributed by atoms with van der Waals surface area (Å²) >= 11 is 0. The summed E-state index contributed by atoms with van der Waals surface area (Å²) in [7, 11) is 0. The van der Waals surface area contributed by atoms with Gasteiger partial charge in [0.15, 0.2) is 0 Å². The third kappa shape index (κ3) is 7.00. The number of likely N-dealkylation sites (tertiary alicyclic amines) is 1. The smallest absolute Gasteiger partial charge is 0.314 e. The summed E-state index contributed by atoms with van der Waals surface area (Å²) in [5, 5.41) is 14.1. The van der Waals surface area contributed by atoms with Crippen molar-refractivity contribution in [1.29, 1.82) is 0 Å². The molecule has 1 aliphatic heterocycles. The third-order valence-corrected chi connectivity index (χ3v) is 3.43. The van der Waals surface area contributed by atoms with Gasteiger partial charge in [0, 0.05) is 25.6 Å². The molecule has 6 nitrogen and oxygen atoms in total. The number of amides is 2. The first kappa shape index (κ1) is 15.8. The Labute approximate surface area is 114 Å². The number of hydrogen-bond donors (Lipinski definition) is 3. The van der Waals surface area contributed by atoms with E-state index in [1.54, 1.807) is 0 Å². The molecule has 0 aromatic heterocycles. The van der Waals surface area contributed by atoms with Crippen LogP contribution in [0.5, 0.6) is 0 Å². The Balaban J connectivity index is 1.99. The molecular weight excluding hydrogens is 246 g/mol. The van der Waals surface area contributed by atoms with Crippen LogP contribution in [0.4, 0.5) is 4.79 Å². The molecule has 6 heteroatoms. The molecule has 0 bridgehead atoms. The van der Waals surface area contributed by atoms with Crippen LogP contribution < -0.4 is 10.6 Å². The van der Waals surface area contributed by atoms with Crippen LogP contribution in [-0.2, 0) is 4.79 Å². The summed E-state index contributed by atoms with van der Waals surface area (Å²) in [6.07, 6.45) is 3.96. The minimum atomic E-state index is -0.788. The van der Waals surface area contributed by atoms with Crippen molar-refractivity contribution in [3.8, 4) is 0 Å². The highest BCUT2D eigenvalue weighted by molar-refractivity contribution is 5.73. The van der Waals surface area contributed by atoms with E-state index in [1.807, 2.05) is 0 Å². The van der Waals surface area contributed by atoms with Crippen LogP contribution in [0.2, 0.25) is 0 Å². The summed E-state index contributed by atoms with van der Waals surface area (Å²) in [6.45, 7) is 5.55. The Bertz CT molecular complexity index is 291. The van der Waals surface area contributed by atoms with E-state index in [2.05, 4.69) is 22.5 Å². The minimum Gasteiger partial charge on any atom is -0.481 e. The first-order valence-electron chi connectivity index (χ1n) is 7.07. The standard InChI is InChI=1S/C13H25N3O3/c1-11(16-8-4-5-9-16)10-15-13(19)14-7-3-2-6-12(17)18/h11H,2-10H2,1H3,(H,17,18)(H2,14,15,19). The van der Waals surface area contributed by atoms with Gasteiger partial charge in [-0.1, -0.05) is 0 Å². The normalized spacial score (nSPS) is 17.1. The largest absolute Gasteiger partial charge is 0.481 e. The number of hydrogen-bond acceptors (Lipinski definition) is 3. The molecule has 0 radical (unpaired) electrons. The van der Waals surface area contributed by atoms with E-state index in [-0.39, 0.29) is 12.5 Å². The van der Waals surface area contributed by atoms with Gasteiger partial charge in [-0.15, -0.1) is 0 Å². The monoisotopic (exact) mass is 271 g/mol. The van der Waals surface area contributed by atoms with Gasteiger partial charge in [0.2, 0.25) is 0 Å². The van der Waals surface area contributed by atoms with Gasteiger partial charge >= 0.3 is 12.0 Å². The minimum absolute atomic E-state index is 0.162. The number of unbranched alkanes of at least 4 members (excludes halogenated alkanes) is 1. The number of carboxylic acids is 1. The van der Waals surface area contributed by atoms with Gasteiger partial charge in [-0.05, 0) is 45.7 Å². The maximum atomic E-state index is 11.5. The number of nitrogens with zero attached hydrogens (tertiary/aromatic N) is 1. The van der Waals surface area contributed by atoms with E-state index in [1.165, 1.54) is 12.8 Å². The van der Waals surface area contributed by atoms with E-state index < -0.39 is 5.97 Å². The predicted molar refractivity (Wildman–Crippen MR) is 73.2 cm³/mol. The van der Waals surface area contributed by atoms with Crippen molar-refractivity contribution in [3.05, 3.63) is 0 Å². The zero-order chi connectivity index (χ0) is 14.1. The first-order valence-corrected chi connectivity index (χ1v) is 7.07. The number of urea groups is 1. The molecule has 2 amide bonds. The molecule has 1 atom stereocenters. The number of carbonyl (C=O) groups is 2. The summed E-state index contributed by atoms with van der Waals surface area (Å²) in [5.41, 5.74) is 0. The number of nitrogens with one attached hydrogen (secondary N) is 2. The molecule has 1 aliphatic rings. The Morgan fingerprint density at radius 2 is 1.89 bits per heavy atom. The lowest BCUT2D eigenvalue weighted by molar-refractivity contribution is -0.137. The van der Waals surface area contributed by atoms with Gasteiger partial charge in [0.05, 0.1) is 0 Å². The maximum absolute atomic E-state index is 11.5. The highest BCUT2D eigenvalue weighted by Gasteiger charge is 2.18. The molecule has 1 fully saturated rings. The second kappa shape index (κ2) is 8.74. The summed E-state index contributed by atoms with van der Waals surface area (Å²) in [5.74, 6) is -0.788. The highest BCUT2D eigenvalue weighted by Crippen LogP contribution is 2.10. The average Bonchev–Trinajstić information content (AvgIpc) is 2.89. The van der Waals surface area contributed by atoms with Crippen molar-refractivity contribution in [1.82, 2.24) is 15.5 Å².